The predicted molar refractivity (Wildman–Crippen MR) is 60.7 cm³/mol. The maximum absolute atomic E-state index is 10.6. The molecule has 5 heteroatoms. The van der Waals surface area contributed by atoms with E-state index in [4.69, 9.17) is 4.74 Å². The average Bonchev–Trinajstić information content (AvgIpc) is 2.23. The maximum atomic E-state index is 10.6. The lowest BCUT2D eigenvalue weighted by Crippen LogP contribution is -2.12. The van der Waals surface area contributed by atoms with E-state index in [2.05, 4.69) is 10.5 Å². The number of hydrogen-bond acceptors (Lipinski definition) is 4. The van der Waals surface area contributed by atoms with Crippen molar-refractivity contribution < 1.29 is 14.6 Å². The number of nitrogens with one attached hydrogen (secondary N) is 1. The Kier molecular flexibility index (Phi) is 4.32. The average molecular weight is 222 g/mol. The predicted octanol–water partition coefficient (Wildman–Crippen LogP) is 1.26. The van der Waals surface area contributed by atoms with Crippen molar-refractivity contribution in [2.45, 2.75) is 13.8 Å². The van der Waals surface area contributed by atoms with Crippen LogP contribution < -0.4 is 10.2 Å². The summed E-state index contributed by atoms with van der Waals surface area (Å²) in [5.41, 5.74) is 2.74. The van der Waals surface area contributed by atoms with Gasteiger partial charge in [0, 0.05) is 12.5 Å². The molecule has 0 fully saturated rings. The molecule has 1 aromatic rings. The third-order valence-corrected chi connectivity index (χ3v) is 1.76. The van der Waals surface area contributed by atoms with E-state index in [1.807, 2.05) is 6.92 Å². The number of carbonyl (C=O) groups is 1. The Balaban J connectivity index is 2.84. The zero-order chi connectivity index (χ0) is 12.0. The fourth-order valence-electron chi connectivity index (χ4n) is 1.11. The molecular formula is C11H14N2O3. The number of para-hydroxylation sites is 1. The van der Waals surface area contributed by atoms with Crippen LogP contribution in [0.5, 0.6) is 11.5 Å². The van der Waals surface area contributed by atoms with Crippen LogP contribution in [0.15, 0.2) is 23.3 Å². The minimum absolute atomic E-state index is 0.0125. The normalized spacial score (nSPS) is 10.4. The van der Waals surface area contributed by atoms with E-state index < -0.39 is 0 Å². The lowest BCUT2D eigenvalue weighted by Gasteiger charge is -2.06. The number of hydrazone groups is 1. The van der Waals surface area contributed by atoms with Crippen LogP contribution in [0.3, 0.4) is 0 Å². The van der Waals surface area contributed by atoms with E-state index in [1.54, 1.807) is 18.2 Å². The lowest BCUT2D eigenvalue weighted by molar-refractivity contribution is -0.118. The highest BCUT2D eigenvalue weighted by Gasteiger charge is 2.05. The fourth-order valence-corrected chi connectivity index (χ4v) is 1.11. The molecule has 5 nitrogen and oxygen atoms in total. The summed E-state index contributed by atoms with van der Waals surface area (Å²) >= 11 is 0. The van der Waals surface area contributed by atoms with Gasteiger partial charge in [0.2, 0.25) is 5.91 Å². The van der Waals surface area contributed by atoms with Crippen molar-refractivity contribution in [1.82, 2.24) is 5.43 Å². The first-order valence-corrected chi connectivity index (χ1v) is 4.89. The maximum Gasteiger partial charge on any atom is 0.236 e. The van der Waals surface area contributed by atoms with Crippen LogP contribution in [-0.2, 0) is 4.79 Å². The highest BCUT2D eigenvalue weighted by atomic mass is 16.5. The third-order valence-electron chi connectivity index (χ3n) is 1.76. The molecular weight excluding hydrogens is 208 g/mol. The summed E-state index contributed by atoms with van der Waals surface area (Å²) in [7, 11) is 0. The van der Waals surface area contributed by atoms with Crippen molar-refractivity contribution in [3.63, 3.8) is 0 Å². The van der Waals surface area contributed by atoms with Crippen molar-refractivity contribution in [3.8, 4) is 11.5 Å². The summed E-state index contributed by atoms with van der Waals surface area (Å²) in [5, 5.41) is 13.4. The summed E-state index contributed by atoms with van der Waals surface area (Å²) in [6.07, 6.45) is 1.36. The van der Waals surface area contributed by atoms with Crippen LogP contribution >= 0.6 is 0 Å². The molecule has 0 saturated carbocycles. The number of nitrogens with zero attached hydrogens (tertiary/aromatic N) is 1. The molecule has 0 atom stereocenters. The summed E-state index contributed by atoms with van der Waals surface area (Å²) in [6, 6.07) is 5.07. The zero-order valence-electron chi connectivity index (χ0n) is 9.23. The van der Waals surface area contributed by atoms with Gasteiger partial charge in [-0.3, -0.25) is 4.79 Å². The van der Waals surface area contributed by atoms with Gasteiger partial charge in [-0.05, 0) is 19.1 Å². The van der Waals surface area contributed by atoms with Crippen LogP contribution in [0.4, 0.5) is 0 Å². The number of amides is 1. The first-order valence-electron chi connectivity index (χ1n) is 4.89. The molecule has 0 aliphatic rings. The number of ether oxygens (including phenoxy) is 1. The van der Waals surface area contributed by atoms with Crippen LogP contribution in [0.2, 0.25) is 0 Å². The van der Waals surface area contributed by atoms with Gasteiger partial charge in [-0.1, -0.05) is 6.07 Å². The molecule has 0 saturated heterocycles. The molecule has 1 amide bonds. The number of aromatic hydroxyl groups is 1. The minimum atomic E-state index is -0.267. The molecule has 0 aliphatic carbocycles. The van der Waals surface area contributed by atoms with Crippen LogP contribution in [0, 0.1) is 0 Å². The highest BCUT2D eigenvalue weighted by Crippen LogP contribution is 2.28. The van der Waals surface area contributed by atoms with E-state index in [9.17, 15) is 9.90 Å². The van der Waals surface area contributed by atoms with Crippen molar-refractivity contribution in [2.24, 2.45) is 5.10 Å². The quantitative estimate of drug-likeness (QED) is 0.595. The van der Waals surface area contributed by atoms with Crippen molar-refractivity contribution in [3.05, 3.63) is 23.8 Å². The number of carbonyl (C=O) groups excluding carboxylic acids is 1. The summed E-state index contributed by atoms with van der Waals surface area (Å²) < 4.78 is 5.21. The smallest absolute Gasteiger partial charge is 0.236 e. The monoisotopic (exact) mass is 222 g/mol. The molecule has 0 radical (unpaired) electrons. The molecule has 16 heavy (non-hydrogen) atoms. The van der Waals surface area contributed by atoms with Gasteiger partial charge in [0.1, 0.15) is 0 Å². The van der Waals surface area contributed by atoms with Gasteiger partial charge in [0.15, 0.2) is 11.5 Å². The van der Waals surface area contributed by atoms with Gasteiger partial charge >= 0.3 is 0 Å². The first kappa shape index (κ1) is 12.0. The van der Waals surface area contributed by atoms with Gasteiger partial charge in [-0.25, -0.2) is 5.43 Å². The molecule has 86 valence electrons. The number of benzene rings is 1. The van der Waals surface area contributed by atoms with E-state index in [-0.39, 0.29) is 11.7 Å². The molecule has 0 spiro atoms. The summed E-state index contributed by atoms with van der Waals surface area (Å²) in [5.74, 6) is 0.143. The Bertz CT molecular complexity index is 402. The highest BCUT2D eigenvalue weighted by molar-refractivity contribution is 5.85. The molecule has 1 rings (SSSR count). The number of hydrogen-bond donors (Lipinski definition) is 2. The van der Waals surface area contributed by atoms with Crippen molar-refractivity contribution in [1.29, 1.82) is 0 Å². The molecule has 0 aromatic heterocycles. The molecule has 2 N–H and O–H groups in total. The van der Waals surface area contributed by atoms with Gasteiger partial charge < -0.3 is 9.84 Å². The van der Waals surface area contributed by atoms with E-state index in [0.717, 1.165) is 0 Å². The third kappa shape index (κ3) is 3.27. The lowest BCUT2D eigenvalue weighted by atomic mass is 10.2. The molecule has 0 aliphatic heterocycles. The van der Waals surface area contributed by atoms with Crippen LogP contribution in [0.25, 0.3) is 0 Å². The molecule has 0 heterocycles. The van der Waals surface area contributed by atoms with Crippen molar-refractivity contribution in [2.75, 3.05) is 6.61 Å². The number of rotatable bonds is 4. The molecule has 0 unspecified atom stereocenters. The summed E-state index contributed by atoms with van der Waals surface area (Å²) in [4.78, 5) is 10.6. The SMILES string of the molecule is CCOc1cccc(C=NNC(C)=O)c1O. The second kappa shape index (κ2) is 5.75. The Morgan fingerprint density at radius 1 is 1.62 bits per heavy atom. The largest absolute Gasteiger partial charge is 0.504 e. The number of phenolic OH excluding ortho intramolecular Hbond substituents is 1. The zero-order valence-corrected chi connectivity index (χ0v) is 9.23. The minimum Gasteiger partial charge on any atom is -0.504 e. The Labute approximate surface area is 93.7 Å². The van der Waals surface area contributed by atoms with Crippen LogP contribution in [-0.4, -0.2) is 23.8 Å². The topological polar surface area (TPSA) is 70.9 Å². The van der Waals surface area contributed by atoms with E-state index >= 15 is 0 Å². The summed E-state index contributed by atoms with van der Waals surface area (Å²) in [6.45, 7) is 3.66. The number of phenols is 1. The first-order chi connectivity index (χ1) is 7.65. The second-order valence-corrected chi connectivity index (χ2v) is 3.05. The molecule has 0 bridgehead atoms. The Morgan fingerprint density at radius 3 is 3.00 bits per heavy atom. The van der Waals surface area contributed by atoms with E-state index in [1.165, 1.54) is 13.1 Å². The van der Waals surface area contributed by atoms with Crippen LogP contribution in [0.1, 0.15) is 19.4 Å². The second-order valence-electron chi connectivity index (χ2n) is 3.05. The standard InChI is InChI=1S/C11H14N2O3/c1-3-16-10-6-4-5-9(11(10)15)7-12-13-8(2)14/h4-7,15H,3H2,1-2H3,(H,13,14). The van der Waals surface area contributed by atoms with Gasteiger partial charge in [-0.15, -0.1) is 0 Å². The van der Waals surface area contributed by atoms with Crippen molar-refractivity contribution >= 4 is 12.1 Å². The van der Waals surface area contributed by atoms with E-state index in [0.29, 0.717) is 17.9 Å². The van der Waals surface area contributed by atoms with Gasteiger partial charge in [0.05, 0.1) is 12.8 Å². The van der Waals surface area contributed by atoms with Gasteiger partial charge in [-0.2, -0.15) is 5.10 Å². The molecule has 1 aromatic carbocycles. The Hall–Kier alpha value is -2.04. The van der Waals surface area contributed by atoms with Gasteiger partial charge in [0.25, 0.3) is 0 Å². The Morgan fingerprint density at radius 2 is 2.38 bits per heavy atom. The fraction of sp³-hybridized carbons (Fsp3) is 0.273.